The van der Waals surface area contributed by atoms with Crippen LogP contribution in [0.5, 0.6) is 0 Å². The van der Waals surface area contributed by atoms with Crippen molar-refractivity contribution < 1.29 is 0 Å². The molecule has 0 heterocycles. The van der Waals surface area contributed by atoms with E-state index in [0.717, 1.165) is 11.1 Å². The van der Waals surface area contributed by atoms with Crippen molar-refractivity contribution in [1.82, 2.24) is 0 Å². The molecule has 0 saturated carbocycles. The molecule has 0 bridgehead atoms. The summed E-state index contributed by atoms with van der Waals surface area (Å²) in [5, 5.41) is 17.2. The first-order chi connectivity index (χ1) is 10.3. The molecule has 0 saturated heterocycles. The van der Waals surface area contributed by atoms with Crippen LogP contribution in [0.25, 0.3) is 0 Å². The Morgan fingerprint density at radius 1 is 0.818 bits per heavy atom. The van der Waals surface area contributed by atoms with Gasteiger partial charge in [0.05, 0.1) is 11.6 Å². The van der Waals surface area contributed by atoms with Crippen molar-refractivity contribution in [3.05, 3.63) is 71.3 Å². The van der Waals surface area contributed by atoms with Gasteiger partial charge >= 0.3 is 0 Å². The highest BCUT2D eigenvalue weighted by atomic mass is 35.5. The highest BCUT2D eigenvalue weighted by Crippen LogP contribution is 2.36. The van der Waals surface area contributed by atoms with Crippen molar-refractivity contribution in [2.45, 2.75) is 23.8 Å². The maximum atomic E-state index is 8.82. The largest absolute Gasteiger partial charge is 0.192 e. The first-order valence-electron chi connectivity index (χ1n) is 6.73. The van der Waals surface area contributed by atoms with E-state index >= 15 is 0 Å². The van der Waals surface area contributed by atoms with Gasteiger partial charge in [-0.2, -0.15) is 15.5 Å². The Morgan fingerprint density at radius 2 is 1.27 bits per heavy atom. The third kappa shape index (κ3) is 3.85. The maximum absolute atomic E-state index is 8.82. The first kappa shape index (κ1) is 16.5. The predicted molar refractivity (Wildman–Crippen MR) is 88.9 cm³/mol. The standard InChI is InChI=1S/C17H15Cl2N3/c1-16(18,14-6-4-3-5-7-14)21-22-17(2,19)15-10-8-13(12-20)9-11-15/h3-11H,1-2H3/b22-21+. The molecule has 112 valence electrons. The number of hydrogen-bond acceptors (Lipinski definition) is 3. The van der Waals surface area contributed by atoms with E-state index in [4.69, 9.17) is 28.5 Å². The van der Waals surface area contributed by atoms with Crippen LogP contribution in [0.1, 0.15) is 30.5 Å². The molecule has 2 aromatic carbocycles. The van der Waals surface area contributed by atoms with E-state index in [1.807, 2.05) is 30.3 Å². The second-order valence-electron chi connectivity index (χ2n) is 5.16. The lowest BCUT2D eigenvalue weighted by atomic mass is 10.1. The first-order valence-corrected chi connectivity index (χ1v) is 7.49. The number of halogens is 2. The second kappa shape index (κ2) is 6.48. The average Bonchev–Trinajstić information content (AvgIpc) is 2.54. The SMILES string of the molecule is CC(Cl)(/N=N/C(C)(Cl)c1ccc(C#N)cc1)c1ccccc1. The molecule has 3 nitrogen and oxygen atoms in total. The average molecular weight is 332 g/mol. The number of azo groups is 1. The van der Waals surface area contributed by atoms with Crippen molar-refractivity contribution >= 4 is 23.2 Å². The smallest absolute Gasteiger partial charge is 0.176 e. The summed E-state index contributed by atoms with van der Waals surface area (Å²) >= 11 is 12.9. The highest BCUT2D eigenvalue weighted by molar-refractivity contribution is 6.24. The van der Waals surface area contributed by atoms with Gasteiger partial charge in [-0.25, -0.2) is 0 Å². The summed E-state index contributed by atoms with van der Waals surface area (Å²) in [6.45, 7) is 3.50. The van der Waals surface area contributed by atoms with Crippen LogP contribution in [-0.2, 0) is 10.00 Å². The number of nitriles is 1. The van der Waals surface area contributed by atoms with Gasteiger partial charge in [0.25, 0.3) is 0 Å². The van der Waals surface area contributed by atoms with Crippen LogP contribution >= 0.6 is 23.2 Å². The van der Waals surface area contributed by atoms with E-state index in [1.165, 1.54) is 0 Å². The Hall–Kier alpha value is -1.89. The molecular formula is C17H15Cl2N3. The summed E-state index contributed by atoms with van der Waals surface area (Å²) in [4.78, 5) is -2.02. The van der Waals surface area contributed by atoms with Crippen LogP contribution < -0.4 is 0 Å². The summed E-state index contributed by atoms with van der Waals surface area (Å²) in [5.41, 5.74) is 2.16. The Bertz CT molecular complexity index is 699. The van der Waals surface area contributed by atoms with E-state index in [9.17, 15) is 0 Å². The van der Waals surface area contributed by atoms with Crippen LogP contribution in [0.4, 0.5) is 0 Å². The molecule has 0 fully saturated rings. The number of rotatable bonds is 4. The van der Waals surface area contributed by atoms with Gasteiger partial charge in [-0.1, -0.05) is 65.7 Å². The Labute approximate surface area is 140 Å². The lowest BCUT2D eigenvalue weighted by Gasteiger charge is -2.21. The van der Waals surface area contributed by atoms with Crippen molar-refractivity contribution in [1.29, 1.82) is 5.26 Å². The van der Waals surface area contributed by atoms with Gasteiger partial charge in [-0.3, -0.25) is 0 Å². The van der Waals surface area contributed by atoms with Crippen LogP contribution in [0.15, 0.2) is 64.8 Å². The molecule has 2 aromatic rings. The van der Waals surface area contributed by atoms with E-state index in [1.54, 1.807) is 38.1 Å². The number of benzene rings is 2. The van der Waals surface area contributed by atoms with Gasteiger partial charge in [-0.15, -0.1) is 0 Å². The molecule has 2 rings (SSSR count). The zero-order valence-corrected chi connectivity index (χ0v) is 13.8. The summed E-state index contributed by atoms with van der Waals surface area (Å²) in [5.74, 6) is 0. The molecule has 0 aliphatic heterocycles. The molecule has 0 spiro atoms. The predicted octanol–water partition coefficient (Wildman–Crippen LogP) is 5.53. The zero-order valence-electron chi connectivity index (χ0n) is 12.3. The van der Waals surface area contributed by atoms with E-state index in [0.29, 0.717) is 5.56 Å². The van der Waals surface area contributed by atoms with Crippen molar-refractivity contribution in [2.24, 2.45) is 10.2 Å². The Kier molecular flexibility index (Phi) is 4.85. The van der Waals surface area contributed by atoms with Gasteiger partial charge in [0.2, 0.25) is 0 Å². The number of alkyl halides is 2. The molecule has 5 heteroatoms. The molecule has 0 aromatic heterocycles. The van der Waals surface area contributed by atoms with Crippen LogP contribution in [0.3, 0.4) is 0 Å². The monoisotopic (exact) mass is 331 g/mol. The topological polar surface area (TPSA) is 48.5 Å². The number of nitrogens with zero attached hydrogens (tertiary/aromatic N) is 3. The lowest BCUT2D eigenvalue weighted by molar-refractivity contribution is 0.577. The lowest BCUT2D eigenvalue weighted by Crippen LogP contribution is -2.14. The summed E-state index contributed by atoms with van der Waals surface area (Å²) < 4.78 is 0. The molecule has 2 unspecified atom stereocenters. The fraction of sp³-hybridized carbons (Fsp3) is 0.235. The minimum Gasteiger partial charge on any atom is -0.192 e. The van der Waals surface area contributed by atoms with E-state index in [-0.39, 0.29) is 0 Å². The Balaban J connectivity index is 2.25. The molecule has 2 atom stereocenters. The van der Waals surface area contributed by atoms with E-state index in [2.05, 4.69) is 16.3 Å². The van der Waals surface area contributed by atoms with Gasteiger partial charge in [0.15, 0.2) is 10.00 Å². The third-order valence-electron chi connectivity index (χ3n) is 3.27. The second-order valence-corrected chi connectivity index (χ2v) is 6.63. The van der Waals surface area contributed by atoms with Gasteiger partial charge in [0, 0.05) is 0 Å². The van der Waals surface area contributed by atoms with Crippen molar-refractivity contribution in [3.63, 3.8) is 0 Å². The third-order valence-corrected chi connectivity index (χ3v) is 3.85. The van der Waals surface area contributed by atoms with Crippen LogP contribution in [0.2, 0.25) is 0 Å². The quantitative estimate of drug-likeness (QED) is 0.412. The van der Waals surface area contributed by atoms with Gasteiger partial charge < -0.3 is 0 Å². The van der Waals surface area contributed by atoms with Crippen LogP contribution in [0, 0.1) is 11.3 Å². The normalized spacial score (nSPS) is 16.7. The fourth-order valence-corrected chi connectivity index (χ4v) is 2.22. The molecule has 0 N–H and O–H groups in total. The minimum absolute atomic E-state index is 0.569. The molecular weight excluding hydrogens is 317 g/mol. The molecule has 0 radical (unpaired) electrons. The fourth-order valence-electron chi connectivity index (χ4n) is 1.89. The number of hydrogen-bond donors (Lipinski definition) is 0. The van der Waals surface area contributed by atoms with Crippen molar-refractivity contribution in [3.8, 4) is 6.07 Å². The maximum Gasteiger partial charge on any atom is 0.176 e. The van der Waals surface area contributed by atoms with Crippen molar-refractivity contribution in [2.75, 3.05) is 0 Å². The minimum atomic E-state index is -1.04. The highest BCUT2D eigenvalue weighted by Gasteiger charge is 2.27. The Morgan fingerprint density at radius 3 is 1.73 bits per heavy atom. The molecule has 22 heavy (non-hydrogen) atoms. The van der Waals surface area contributed by atoms with Gasteiger partial charge in [0.1, 0.15) is 0 Å². The molecule has 0 aliphatic carbocycles. The van der Waals surface area contributed by atoms with E-state index < -0.39 is 10.00 Å². The summed E-state index contributed by atoms with van der Waals surface area (Å²) in [6, 6.07) is 18.5. The summed E-state index contributed by atoms with van der Waals surface area (Å²) in [7, 11) is 0. The molecule has 0 amide bonds. The zero-order chi connectivity index (χ0) is 16.2. The summed E-state index contributed by atoms with van der Waals surface area (Å²) in [6.07, 6.45) is 0. The van der Waals surface area contributed by atoms with Gasteiger partial charge in [-0.05, 0) is 37.1 Å². The van der Waals surface area contributed by atoms with Crippen LogP contribution in [-0.4, -0.2) is 0 Å². The molecule has 0 aliphatic rings.